The molecule has 0 heterocycles. The van der Waals surface area contributed by atoms with E-state index >= 15 is 0 Å². The maximum atomic E-state index is 9.91. The average Bonchev–Trinajstić information content (AvgIpc) is 2.00. The molecule has 1 fully saturated rings. The van der Waals surface area contributed by atoms with Crippen LogP contribution in [0.5, 0.6) is 0 Å². The summed E-state index contributed by atoms with van der Waals surface area (Å²) in [5.74, 6) is 1.63. The third-order valence-electron chi connectivity index (χ3n) is 2.97. The molecule has 3 atom stereocenters. The molecule has 0 bridgehead atoms. The third kappa shape index (κ3) is 1.98. The molecule has 0 aromatic heterocycles. The minimum atomic E-state index is -0.200. The normalized spacial score (nSPS) is 37.4. The van der Waals surface area contributed by atoms with E-state index in [4.69, 9.17) is 0 Å². The molecule has 1 aliphatic carbocycles. The second-order valence-corrected chi connectivity index (χ2v) is 5.22. The molecular weight excluding hydrogens is 215 g/mol. The molecule has 1 nitrogen and oxygen atoms in total. The van der Waals surface area contributed by atoms with E-state index in [0.29, 0.717) is 17.8 Å². The van der Waals surface area contributed by atoms with Gasteiger partial charge in [-0.1, -0.05) is 0 Å². The zero-order chi connectivity index (χ0) is 9.30. The van der Waals surface area contributed by atoms with Gasteiger partial charge in [-0.15, -0.1) is 0 Å². The van der Waals surface area contributed by atoms with Crippen molar-refractivity contribution in [2.75, 3.05) is 0 Å². The van der Waals surface area contributed by atoms with E-state index in [1.165, 1.54) is 17.3 Å². The van der Waals surface area contributed by atoms with Crippen molar-refractivity contribution in [3.8, 4) is 0 Å². The first-order valence-corrected chi connectivity index (χ1v) is 5.61. The topological polar surface area (TPSA) is 20.2 Å². The van der Waals surface area contributed by atoms with Crippen molar-refractivity contribution in [2.45, 2.75) is 39.7 Å². The van der Waals surface area contributed by atoms with Crippen molar-refractivity contribution in [2.24, 2.45) is 17.8 Å². The van der Waals surface area contributed by atoms with Gasteiger partial charge < -0.3 is 0 Å². The Bertz CT molecular complexity index is 177. The Labute approximate surface area is 82.9 Å². The molecule has 0 radical (unpaired) electrons. The standard InChI is InChI=1S/C10H18OSe/c1-6(2)8-5-4-7(3)10(12)9(8)11/h6-9,11H,4-5H2,1-3H3. The van der Waals surface area contributed by atoms with Gasteiger partial charge in [-0.05, 0) is 0 Å². The van der Waals surface area contributed by atoms with Crippen LogP contribution in [0.2, 0.25) is 0 Å². The predicted octanol–water partition coefficient (Wildman–Crippen LogP) is 1.39. The molecule has 1 saturated carbocycles. The van der Waals surface area contributed by atoms with E-state index in [-0.39, 0.29) is 6.10 Å². The number of rotatable bonds is 1. The van der Waals surface area contributed by atoms with Gasteiger partial charge in [0.15, 0.2) is 0 Å². The predicted molar refractivity (Wildman–Crippen MR) is 53.5 cm³/mol. The van der Waals surface area contributed by atoms with Gasteiger partial charge in [0.2, 0.25) is 0 Å². The van der Waals surface area contributed by atoms with E-state index < -0.39 is 0 Å². The summed E-state index contributed by atoms with van der Waals surface area (Å²) >= 11 is 3.03. The first kappa shape index (κ1) is 10.4. The molecule has 70 valence electrons. The van der Waals surface area contributed by atoms with Gasteiger partial charge in [-0.2, -0.15) is 0 Å². The summed E-state index contributed by atoms with van der Waals surface area (Å²) in [6.07, 6.45) is 2.20. The summed E-state index contributed by atoms with van der Waals surface area (Å²) in [6, 6.07) is 0. The van der Waals surface area contributed by atoms with E-state index in [9.17, 15) is 5.11 Å². The maximum absolute atomic E-state index is 9.91. The summed E-state index contributed by atoms with van der Waals surface area (Å²) < 4.78 is 1.17. The van der Waals surface area contributed by atoms with Gasteiger partial charge >= 0.3 is 82.6 Å². The van der Waals surface area contributed by atoms with Crippen LogP contribution >= 0.6 is 0 Å². The van der Waals surface area contributed by atoms with Gasteiger partial charge in [0.1, 0.15) is 0 Å². The van der Waals surface area contributed by atoms with E-state index in [2.05, 4.69) is 36.3 Å². The molecule has 0 spiro atoms. The molecule has 3 unspecified atom stereocenters. The van der Waals surface area contributed by atoms with Crippen LogP contribution in [-0.4, -0.2) is 31.2 Å². The van der Waals surface area contributed by atoms with Crippen molar-refractivity contribution in [3.05, 3.63) is 0 Å². The first-order valence-electron chi connectivity index (χ1n) is 4.75. The van der Waals surface area contributed by atoms with Gasteiger partial charge in [0.25, 0.3) is 0 Å². The molecule has 0 aromatic carbocycles. The quantitative estimate of drug-likeness (QED) is 0.678. The molecule has 12 heavy (non-hydrogen) atoms. The third-order valence-corrected chi connectivity index (χ3v) is 4.32. The number of hydrogen-bond donors (Lipinski definition) is 1. The van der Waals surface area contributed by atoms with Crippen molar-refractivity contribution >= 4 is 20.0 Å². The van der Waals surface area contributed by atoms with Crippen molar-refractivity contribution in [3.63, 3.8) is 0 Å². The Kier molecular flexibility index (Phi) is 3.51. The van der Waals surface area contributed by atoms with Crippen LogP contribution in [0, 0.1) is 17.8 Å². The van der Waals surface area contributed by atoms with Crippen LogP contribution in [0.1, 0.15) is 33.6 Å². The monoisotopic (exact) mass is 234 g/mol. The van der Waals surface area contributed by atoms with Gasteiger partial charge in [0.05, 0.1) is 0 Å². The Hall–Kier alpha value is 0.349. The molecule has 1 rings (SSSR count). The fourth-order valence-corrected chi connectivity index (χ4v) is 2.56. The van der Waals surface area contributed by atoms with Crippen LogP contribution in [0.3, 0.4) is 0 Å². The molecule has 0 amide bonds. The molecule has 0 aromatic rings. The molecule has 0 aliphatic heterocycles. The van der Waals surface area contributed by atoms with Crippen molar-refractivity contribution in [1.29, 1.82) is 0 Å². The Balaban J connectivity index is 2.65. The molecular formula is C10H18OSe. The van der Waals surface area contributed by atoms with Crippen molar-refractivity contribution < 1.29 is 5.11 Å². The number of aliphatic hydroxyl groups is 1. The molecule has 2 heteroatoms. The SMILES string of the molecule is CC1CCC(C(C)C)C(O)C1=[Se]. The summed E-state index contributed by atoms with van der Waals surface area (Å²) in [6.45, 7) is 6.57. The second kappa shape index (κ2) is 4.04. The second-order valence-electron chi connectivity index (χ2n) is 4.23. The fraction of sp³-hybridized carbons (Fsp3) is 0.900. The summed E-state index contributed by atoms with van der Waals surface area (Å²) in [5.41, 5.74) is 0. The first-order chi connectivity index (χ1) is 5.54. The van der Waals surface area contributed by atoms with Crippen LogP contribution in [0.25, 0.3) is 0 Å². The van der Waals surface area contributed by atoms with Crippen LogP contribution < -0.4 is 0 Å². The molecule has 0 saturated heterocycles. The molecule has 1 N–H and O–H groups in total. The Morgan fingerprint density at radius 1 is 1.42 bits per heavy atom. The van der Waals surface area contributed by atoms with E-state index in [0.717, 1.165) is 0 Å². The summed E-state index contributed by atoms with van der Waals surface area (Å²) in [5, 5.41) is 9.91. The minimum absolute atomic E-state index is 0.200. The van der Waals surface area contributed by atoms with Gasteiger partial charge in [-0.3, -0.25) is 0 Å². The Morgan fingerprint density at radius 2 is 2.00 bits per heavy atom. The zero-order valence-electron chi connectivity index (χ0n) is 8.08. The summed E-state index contributed by atoms with van der Waals surface area (Å²) in [7, 11) is 0. The van der Waals surface area contributed by atoms with Crippen molar-refractivity contribution in [1.82, 2.24) is 0 Å². The van der Waals surface area contributed by atoms with Gasteiger partial charge in [-0.25, -0.2) is 0 Å². The van der Waals surface area contributed by atoms with E-state index in [1.807, 2.05) is 0 Å². The van der Waals surface area contributed by atoms with E-state index in [1.54, 1.807) is 0 Å². The number of hydrogen-bond acceptors (Lipinski definition) is 1. The van der Waals surface area contributed by atoms with Crippen LogP contribution in [0.15, 0.2) is 0 Å². The zero-order valence-corrected chi connectivity index (χ0v) is 9.79. The average molecular weight is 233 g/mol. The fourth-order valence-electron chi connectivity index (χ4n) is 1.94. The molecule has 1 aliphatic rings. The van der Waals surface area contributed by atoms with Gasteiger partial charge in [0, 0.05) is 0 Å². The summed E-state index contributed by atoms with van der Waals surface area (Å²) in [4.78, 5) is 0. The Morgan fingerprint density at radius 3 is 2.50 bits per heavy atom. The van der Waals surface area contributed by atoms with Crippen LogP contribution in [-0.2, 0) is 0 Å². The van der Waals surface area contributed by atoms with Crippen LogP contribution in [0.4, 0.5) is 0 Å². The number of aliphatic hydroxyl groups excluding tert-OH is 1.